The van der Waals surface area contributed by atoms with E-state index in [2.05, 4.69) is 40.1 Å². The molecule has 0 radical (unpaired) electrons. The van der Waals surface area contributed by atoms with Gasteiger partial charge in [0.25, 0.3) is 5.91 Å². The summed E-state index contributed by atoms with van der Waals surface area (Å²) in [4.78, 5) is 31.8. The number of rotatable bonds is 5. The van der Waals surface area contributed by atoms with Crippen molar-refractivity contribution in [2.75, 3.05) is 45.9 Å². The van der Waals surface area contributed by atoms with Gasteiger partial charge in [0.1, 0.15) is 6.10 Å². The van der Waals surface area contributed by atoms with E-state index in [1.165, 1.54) is 5.56 Å². The van der Waals surface area contributed by atoms with Crippen molar-refractivity contribution >= 4 is 11.8 Å². The highest BCUT2D eigenvalue weighted by Crippen LogP contribution is 2.23. The van der Waals surface area contributed by atoms with Crippen LogP contribution in [-0.4, -0.2) is 84.5 Å². The van der Waals surface area contributed by atoms with E-state index < -0.39 is 0 Å². The maximum absolute atomic E-state index is 13.1. The summed E-state index contributed by atoms with van der Waals surface area (Å²) in [5.74, 6) is 1.04. The molecule has 2 amide bonds. The van der Waals surface area contributed by atoms with Crippen molar-refractivity contribution in [3.05, 3.63) is 35.9 Å². The second kappa shape index (κ2) is 9.92. The van der Waals surface area contributed by atoms with Crippen LogP contribution >= 0.6 is 0 Å². The minimum Gasteiger partial charge on any atom is -0.368 e. The summed E-state index contributed by atoms with van der Waals surface area (Å²) >= 11 is 0. The molecular weight excluding hydrogens is 378 g/mol. The Hall–Kier alpha value is -1.92. The summed E-state index contributed by atoms with van der Waals surface area (Å²) in [6.07, 6.45) is 4.85. The van der Waals surface area contributed by atoms with Crippen molar-refractivity contribution < 1.29 is 14.3 Å². The summed E-state index contributed by atoms with van der Waals surface area (Å²) in [7, 11) is 0. The number of piperidine rings is 1. The highest BCUT2D eigenvalue weighted by Gasteiger charge is 2.34. The molecule has 6 heteroatoms. The Balaban J connectivity index is 1.21. The SMILES string of the molecule is CC(C(=O)N1CCC(Cc2ccccc2)CC1)N1CCN(C(=O)C2CCCO2)CC1. The maximum atomic E-state index is 13.1. The Kier molecular flexibility index (Phi) is 7.05. The third-order valence-electron chi connectivity index (χ3n) is 7.03. The van der Waals surface area contributed by atoms with Crippen LogP contribution in [0.2, 0.25) is 0 Å². The van der Waals surface area contributed by atoms with Gasteiger partial charge in [0.15, 0.2) is 0 Å². The first-order valence-corrected chi connectivity index (χ1v) is 11.6. The van der Waals surface area contributed by atoms with E-state index in [4.69, 9.17) is 4.74 Å². The largest absolute Gasteiger partial charge is 0.368 e. The van der Waals surface area contributed by atoms with E-state index in [1.807, 2.05) is 11.8 Å². The molecule has 2 unspecified atom stereocenters. The van der Waals surface area contributed by atoms with E-state index in [9.17, 15) is 9.59 Å². The van der Waals surface area contributed by atoms with Crippen molar-refractivity contribution in [3.8, 4) is 0 Å². The molecule has 0 bridgehead atoms. The van der Waals surface area contributed by atoms with Gasteiger partial charge in [-0.25, -0.2) is 0 Å². The summed E-state index contributed by atoms with van der Waals surface area (Å²) in [6, 6.07) is 10.5. The van der Waals surface area contributed by atoms with Crippen molar-refractivity contribution in [1.29, 1.82) is 0 Å². The summed E-state index contributed by atoms with van der Waals surface area (Å²) in [5, 5.41) is 0. The molecule has 3 saturated heterocycles. The smallest absolute Gasteiger partial charge is 0.251 e. The highest BCUT2D eigenvalue weighted by atomic mass is 16.5. The van der Waals surface area contributed by atoms with Gasteiger partial charge in [-0.2, -0.15) is 0 Å². The molecule has 0 N–H and O–H groups in total. The second-order valence-corrected chi connectivity index (χ2v) is 9.00. The van der Waals surface area contributed by atoms with Crippen LogP contribution in [0, 0.1) is 5.92 Å². The number of carbonyl (C=O) groups excluding carboxylic acids is 2. The molecule has 0 spiro atoms. The lowest BCUT2D eigenvalue weighted by Crippen LogP contribution is -2.57. The molecule has 0 aromatic heterocycles. The zero-order chi connectivity index (χ0) is 20.9. The van der Waals surface area contributed by atoms with Crippen molar-refractivity contribution in [2.45, 2.75) is 51.2 Å². The highest BCUT2D eigenvalue weighted by molar-refractivity contribution is 5.82. The Morgan fingerprint density at radius 2 is 1.67 bits per heavy atom. The normalized spacial score (nSPS) is 24.8. The number of nitrogens with zero attached hydrogens (tertiary/aromatic N) is 3. The van der Waals surface area contributed by atoms with Gasteiger partial charge in [-0.3, -0.25) is 14.5 Å². The molecule has 3 aliphatic heterocycles. The molecule has 3 aliphatic rings. The number of benzene rings is 1. The summed E-state index contributed by atoms with van der Waals surface area (Å²) in [5.41, 5.74) is 1.39. The zero-order valence-electron chi connectivity index (χ0n) is 18.2. The molecule has 6 nitrogen and oxygen atoms in total. The van der Waals surface area contributed by atoms with Gasteiger partial charge in [0.2, 0.25) is 5.91 Å². The van der Waals surface area contributed by atoms with E-state index in [0.717, 1.165) is 58.3 Å². The molecule has 30 heavy (non-hydrogen) atoms. The molecule has 1 aromatic rings. The van der Waals surface area contributed by atoms with Crippen molar-refractivity contribution in [1.82, 2.24) is 14.7 Å². The number of ether oxygens (including phenoxy) is 1. The molecule has 4 rings (SSSR count). The number of hydrogen-bond acceptors (Lipinski definition) is 4. The van der Waals surface area contributed by atoms with Gasteiger partial charge >= 0.3 is 0 Å². The molecule has 0 saturated carbocycles. The first-order chi connectivity index (χ1) is 14.6. The minimum absolute atomic E-state index is 0.115. The Labute approximate surface area is 180 Å². The van der Waals surface area contributed by atoms with Gasteiger partial charge < -0.3 is 14.5 Å². The van der Waals surface area contributed by atoms with Crippen LogP contribution in [0.5, 0.6) is 0 Å². The average molecular weight is 414 g/mol. The fourth-order valence-corrected chi connectivity index (χ4v) is 5.03. The molecule has 3 fully saturated rings. The Morgan fingerprint density at radius 1 is 0.967 bits per heavy atom. The van der Waals surface area contributed by atoms with Gasteiger partial charge in [-0.05, 0) is 50.5 Å². The van der Waals surface area contributed by atoms with Gasteiger partial charge in [0, 0.05) is 45.9 Å². The van der Waals surface area contributed by atoms with Crippen molar-refractivity contribution in [2.24, 2.45) is 5.92 Å². The van der Waals surface area contributed by atoms with Crippen LogP contribution in [0.15, 0.2) is 30.3 Å². The van der Waals surface area contributed by atoms with E-state index in [-0.39, 0.29) is 24.0 Å². The third kappa shape index (κ3) is 5.03. The van der Waals surface area contributed by atoms with Gasteiger partial charge in [-0.1, -0.05) is 30.3 Å². The average Bonchev–Trinajstić information content (AvgIpc) is 3.34. The lowest BCUT2D eigenvalue weighted by Gasteiger charge is -2.40. The summed E-state index contributed by atoms with van der Waals surface area (Å²) < 4.78 is 5.54. The topological polar surface area (TPSA) is 53.1 Å². The molecule has 164 valence electrons. The summed E-state index contributed by atoms with van der Waals surface area (Å²) in [6.45, 7) is 7.34. The van der Waals surface area contributed by atoms with Crippen LogP contribution < -0.4 is 0 Å². The molecule has 1 aromatic carbocycles. The lowest BCUT2D eigenvalue weighted by atomic mass is 9.90. The van der Waals surface area contributed by atoms with Gasteiger partial charge in [0.05, 0.1) is 6.04 Å². The number of likely N-dealkylation sites (tertiary alicyclic amines) is 1. The number of hydrogen-bond donors (Lipinski definition) is 0. The van der Waals surface area contributed by atoms with Crippen LogP contribution in [-0.2, 0) is 20.7 Å². The first kappa shape index (κ1) is 21.3. The Bertz CT molecular complexity index is 704. The van der Waals surface area contributed by atoms with Crippen molar-refractivity contribution in [3.63, 3.8) is 0 Å². The first-order valence-electron chi connectivity index (χ1n) is 11.6. The molecular formula is C24H35N3O3. The monoisotopic (exact) mass is 413 g/mol. The maximum Gasteiger partial charge on any atom is 0.251 e. The van der Waals surface area contributed by atoms with Crippen LogP contribution in [0.3, 0.4) is 0 Å². The molecule has 0 aliphatic carbocycles. The third-order valence-corrected chi connectivity index (χ3v) is 7.03. The number of carbonyl (C=O) groups is 2. The minimum atomic E-state index is -0.243. The van der Waals surface area contributed by atoms with Crippen LogP contribution in [0.25, 0.3) is 0 Å². The second-order valence-electron chi connectivity index (χ2n) is 9.00. The predicted octanol–water partition coefficient (Wildman–Crippen LogP) is 2.18. The van der Waals surface area contributed by atoms with E-state index in [1.54, 1.807) is 0 Å². The number of piperazine rings is 1. The standard InChI is InChI=1S/C24H35N3O3/c1-19(25-13-15-27(16-14-25)24(29)22-8-5-17-30-22)23(28)26-11-9-21(10-12-26)18-20-6-3-2-4-7-20/h2-4,6-7,19,21-22H,5,8-18H2,1H3. The fraction of sp³-hybridized carbons (Fsp3) is 0.667. The predicted molar refractivity (Wildman–Crippen MR) is 116 cm³/mol. The lowest BCUT2D eigenvalue weighted by molar-refractivity contribution is -0.144. The number of amides is 2. The zero-order valence-corrected chi connectivity index (χ0v) is 18.2. The van der Waals surface area contributed by atoms with Gasteiger partial charge in [-0.15, -0.1) is 0 Å². The van der Waals surface area contributed by atoms with E-state index >= 15 is 0 Å². The fourth-order valence-electron chi connectivity index (χ4n) is 5.03. The quantitative estimate of drug-likeness (QED) is 0.743. The van der Waals surface area contributed by atoms with Crippen LogP contribution in [0.1, 0.15) is 38.2 Å². The molecule has 3 heterocycles. The Morgan fingerprint density at radius 3 is 2.30 bits per heavy atom. The molecule has 2 atom stereocenters. The van der Waals surface area contributed by atoms with Crippen LogP contribution in [0.4, 0.5) is 0 Å². The van der Waals surface area contributed by atoms with E-state index in [0.29, 0.717) is 25.6 Å².